The summed E-state index contributed by atoms with van der Waals surface area (Å²) in [5.41, 5.74) is 1.19. The number of hydrogen-bond acceptors (Lipinski definition) is 8. The van der Waals surface area contributed by atoms with Gasteiger partial charge in [0.15, 0.2) is 14.0 Å². The summed E-state index contributed by atoms with van der Waals surface area (Å²) >= 11 is 0. The first-order valence-electron chi connectivity index (χ1n) is 17.3. The van der Waals surface area contributed by atoms with Gasteiger partial charge in [0.1, 0.15) is 31.0 Å². The highest BCUT2D eigenvalue weighted by Crippen LogP contribution is 2.38. The van der Waals surface area contributed by atoms with E-state index < -0.39 is 40.5 Å². The lowest BCUT2D eigenvalue weighted by Crippen LogP contribution is -2.44. The van der Waals surface area contributed by atoms with E-state index in [1.807, 2.05) is 65.6 Å². The minimum absolute atomic E-state index is 0.0523. The summed E-state index contributed by atoms with van der Waals surface area (Å²) in [7, 11) is -4.52. The molecule has 0 spiro atoms. The van der Waals surface area contributed by atoms with Crippen LogP contribution in [0.3, 0.4) is 0 Å². The van der Waals surface area contributed by atoms with Crippen molar-refractivity contribution in [2.24, 2.45) is 11.8 Å². The number of ether oxygens (including phenoxy) is 1. The molecule has 0 unspecified atom stereocenters. The van der Waals surface area contributed by atoms with Crippen LogP contribution in [0.2, 0.25) is 37.8 Å². The lowest BCUT2D eigenvalue weighted by molar-refractivity contribution is -0.149. The van der Waals surface area contributed by atoms with Crippen LogP contribution in [-0.2, 0) is 30.0 Å². The molecule has 1 aromatic heterocycles. The van der Waals surface area contributed by atoms with Gasteiger partial charge in [0.05, 0.1) is 12.5 Å². The Morgan fingerprint density at radius 3 is 2.35 bits per heavy atom. The second-order valence-electron chi connectivity index (χ2n) is 16.1. The van der Waals surface area contributed by atoms with Gasteiger partial charge in [-0.2, -0.15) is 0 Å². The van der Waals surface area contributed by atoms with Crippen LogP contribution in [0.4, 0.5) is 0 Å². The van der Waals surface area contributed by atoms with Crippen LogP contribution in [0, 0.1) is 11.8 Å². The van der Waals surface area contributed by atoms with Gasteiger partial charge in [-0.05, 0) is 43.5 Å². The average molecular weight is 712 g/mol. The SMILES string of the molecule is CC1=C[C@@H](O[Si](C)(C)C(C)(C)C)CC(=O)Cc2nc(c([Si](C)(C)C)o2)C(=O)N2CCC=C2C(=O)O[C@H](C(C)C)[C@H](C)/C=C/C(=O)NCC=C1. The topological polar surface area (TPSA) is 128 Å². The molecule has 2 aliphatic heterocycles. The molecule has 3 heterocycles. The smallest absolute Gasteiger partial charge is 0.355 e. The zero-order chi connectivity index (χ0) is 36.9. The van der Waals surface area contributed by atoms with Crippen LogP contribution >= 0.6 is 0 Å². The van der Waals surface area contributed by atoms with E-state index >= 15 is 0 Å². The summed E-state index contributed by atoms with van der Waals surface area (Å²) in [4.78, 5) is 59.9. The highest BCUT2D eigenvalue weighted by Gasteiger charge is 2.40. The summed E-state index contributed by atoms with van der Waals surface area (Å²) in [6.45, 7) is 25.2. The number of oxazole rings is 1. The number of esters is 1. The van der Waals surface area contributed by atoms with Crippen molar-refractivity contribution in [2.45, 2.75) is 118 Å². The molecule has 10 nitrogen and oxygen atoms in total. The third-order valence-corrected chi connectivity index (χ3v) is 15.4. The van der Waals surface area contributed by atoms with Gasteiger partial charge < -0.3 is 23.8 Å². The van der Waals surface area contributed by atoms with Gasteiger partial charge in [0.2, 0.25) is 11.8 Å². The van der Waals surface area contributed by atoms with E-state index in [0.29, 0.717) is 24.9 Å². The molecule has 0 fully saturated rings. The molecule has 0 aliphatic carbocycles. The molecule has 12 heteroatoms. The monoisotopic (exact) mass is 711 g/mol. The van der Waals surface area contributed by atoms with Crippen LogP contribution in [-0.4, -0.2) is 75.1 Å². The van der Waals surface area contributed by atoms with Crippen molar-refractivity contribution in [1.82, 2.24) is 15.2 Å². The number of carbonyl (C=O) groups excluding carboxylic acids is 4. The van der Waals surface area contributed by atoms with Gasteiger partial charge in [-0.25, -0.2) is 9.78 Å². The number of amides is 2. The van der Waals surface area contributed by atoms with Crippen LogP contribution in [0.1, 0.15) is 77.7 Å². The van der Waals surface area contributed by atoms with Gasteiger partial charge in [-0.3, -0.25) is 14.4 Å². The van der Waals surface area contributed by atoms with Crippen LogP contribution < -0.4 is 10.7 Å². The maximum atomic E-state index is 14.1. The average Bonchev–Trinajstić information content (AvgIpc) is 3.63. The Labute approximate surface area is 294 Å². The number of rotatable bonds is 4. The minimum Gasteiger partial charge on any atom is -0.457 e. The van der Waals surface area contributed by atoms with E-state index in [9.17, 15) is 19.2 Å². The van der Waals surface area contributed by atoms with E-state index in [1.165, 1.54) is 11.0 Å². The molecule has 0 aromatic carbocycles. The molecule has 1 aromatic rings. The lowest BCUT2D eigenvalue weighted by atomic mass is 9.94. The number of hydrogen-bond donors (Lipinski definition) is 1. The molecular weight excluding hydrogens is 655 g/mol. The van der Waals surface area contributed by atoms with Crippen LogP contribution in [0.5, 0.6) is 0 Å². The van der Waals surface area contributed by atoms with Crippen molar-refractivity contribution in [1.29, 1.82) is 0 Å². The molecule has 0 saturated carbocycles. The number of nitrogens with one attached hydrogen (secondary N) is 1. The van der Waals surface area contributed by atoms with Gasteiger partial charge in [0, 0.05) is 25.4 Å². The Hall–Kier alpha value is -3.36. The molecule has 3 rings (SSSR count). The number of aromatic nitrogens is 1. The summed E-state index contributed by atoms with van der Waals surface area (Å²) < 4.78 is 18.9. The van der Waals surface area contributed by atoms with Gasteiger partial charge in [-0.15, -0.1) is 0 Å². The fraction of sp³-hybridized carbons (Fsp3) is 0.595. The number of fused-ring (bicyclic) bond motifs is 3. The van der Waals surface area contributed by atoms with Crippen LogP contribution in [0.15, 0.2) is 52.1 Å². The molecule has 2 aliphatic rings. The maximum absolute atomic E-state index is 14.1. The minimum atomic E-state index is -2.26. The molecule has 1 N–H and O–H groups in total. The van der Waals surface area contributed by atoms with Crippen molar-refractivity contribution >= 4 is 45.3 Å². The Kier molecular flexibility index (Phi) is 13.2. The summed E-state index contributed by atoms with van der Waals surface area (Å²) in [6.07, 6.45) is 10.1. The first-order valence-corrected chi connectivity index (χ1v) is 23.7. The molecule has 49 heavy (non-hydrogen) atoms. The van der Waals surface area contributed by atoms with Gasteiger partial charge in [0.25, 0.3) is 5.91 Å². The van der Waals surface area contributed by atoms with Gasteiger partial charge in [-0.1, -0.05) is 97.1 Å². The molecule has 270 valence electrons. The highest BCUT2D eigenvalue weighted by atomic mass is 28.4. The zero-order valence-electron chi connectivity index (χ0n) is 31.6. The standard InChI is InChI=1S/C37H57N3O7Si2/c1-24(2)33-26(4)17-18-30(42)38-19-13-15-25(3)21-28(47-49(11,12)37(5,6)7)22-27(41)23-31-39-32(36(45-31)48(8,9)10)34(43)40-20-14-16-29(40)35(44)46-33/h13,15-18,21,24,26,28,33H,14,19-20,22-23H2,1-12H3,(H,38,42)/b15-13?,18-17+,25-21?/t26-,28-,33-/m1/s1. The lowest BCUT2D eigenvalue weighted by Gasteiger charge is -2.38. The third kappa shape index (κ3) is 10.8. The second kappa shape index (κ2) is 16.1. The number of carbonyl (C=O) groups is 4. The highest BCUT2D eigenvalue weighted by molar-refractivity contribution is 6.88. The van der Waals surface area contributed by atoms with Crippen LogP contribution in [0.25, 0.3) is 0 Å². The molecule has 3 atom stereocenters. The predicted octanol–water partition coefficient (Wildman–Crippen LogP) is 6.23. The fourth-order valence-corrected chi connectivity index (χ4v) is 8.10. The fourth-order valence-electron chi connectivity index (χ4n) is 5.54. The molecule has 2 bridgehead atoms. The van der Waals surface area contributed by atoms with Crippen molar-refractivity contribution < 1.29 is 32.8 Å². The van der Waals surface area contributed by atoms with Gasteiger partial charge >= 0.3 is 5.97 Å². The number of nitrogens with zero attached hydrogens (tertiary/aromatic N) is 2. The molecule has 0 radical (unpaired) electrons. The number of cyclic esters (lactones) is 1. The van der Waals surface area contributed by atoms with E-state index in [-0.39, 0.29) is 58.7 Å². The second-order valence-corrected chi connectivity index (χ2v) is 25.8. The normalized spacial score (nSPS) is 23.5. The van der Waals surface area contributed by atoms with E-state index in [4.69, 9.17) is 13.6 Å². The first-order chi connectivity index (χ1) is 22.6. The summed E-state index contributed by atoms with van der Waals surface area (Å²) in [5, 5.41) is 3.27. The van der Waals surface area contributed by atoms with E-state index in [2.05, 4.69) is 44.2 Å². The Bertz CT molecular complexity index is 1520. The predicted molar refractivity (Wildman–Crippen MR) is 198 cm³/mol. The third-order valence-electron chi connectivity index (χ3n) is 9.21. The van der Waals surface area contributed by atoms with Crippen molar-refractivity contribution in [3.8, 4) is 0 Å². The molecule has 0 saturated heterocycles. The summed E-state index contributed by atoms with van der Waals surface area (Å²) in [5.74, 6) is -1.60. The quantitative estimate of drug-likeness (QED) is 0.288. The molecular formula is C37H57N3O7Si2. The Morgan fingerprint density at radius 1 is 1.06 bits per heavy atom. The first kappa shape index (κ1) is 40.1. The largest absolute Gasteiger partial charge is 0.457 e. The Balaban J connectivity index is 2.06. The van der Waals surface area contributed by atoms with E-state index in [1.54, 1.807) is 12.2 Å². The Morgan fingerprint density at radius 2 is 1.73 bits per heavy atom. The summed E-state index contributed by atoms with van der Waals surface area (Å²) in [6, 6.07) is 0. The van der Waals surface area contributed by atoms with E-state index in [0.717, 1.165) is 5.57 Å². The van der Waals surface area contributed by atoms with Crippen molar-refractivity contribution in [2.75, 3.05) is 13.1 Å². The number of allylic oxidation sites excluding steroid dienone is 2. The molecule has 2 amide bonds. The number of ketones is 1. The maximum Gasteiger partial charge on any atom is 0.355 e. The number of Topliss-reactive ketones (excluding diaryl/α,β-unsaturated/α-hetero) is 1. The van der Waals surface area contributed by atoms with Crippen molar-refractivity contribution in [3.63, 3.8) is 0 Å². The zero-order valence-corrected chi connectivity index (χ0v) is 33.6. The van der Waals surface area contributed by atoms with Crippen molar-refractivity contribution in [3.05, 3.63) is 59.3 Å².